The molecule has 1 rings (SSSR count). The maximum Gasteiger partial charge on any atom is 0.00806 e. The van der Waals surface area contributed by atoms with Crippen LogP contribution in [-0.4, -0.2) is 0 Å². The van der Waals surface area contributed by atoms with Crippen LogP contribution < -0.4 is 0 Å². The van der Waals surface area contributed by atoms with Gasteiger partial charge in [0.05, 0.1) is 0 Å². The predicted octanol–water partition coefficient (Wildman–Crippen LogP) is 3.29. The van der Waals surface area contributed by atoms with Crippen molar-refractivity contribution in [3.05, 3.63) is 42.4 Å². The van der Waals surface area contributed by atoms with E-state index in [4.69, 9.17) is 0 Å². The molecule has 0 N–H and O–H groups in total. The van der Waals surface area contributed by atoms with Gasteiger partial charge in [0, 0.05) is 6.42 Å². The van der Waals surface area contributed by atoms with Crippen molar-refractivity contribution in [1.29, 1.82) is 0 Å². The monoisotopic (exact) mass is 135 g/mol. The third-order valence-electron chi connectivity index (χ3n) is 1.05. The van der Waals surface area contributed by atoms with Crippen LogP contribution in [0.3, 0.4) is 0 Å². The lowest BCUT2D eigenvalue weighted by atomic mass is 10.2. The number of hydrogen-bond donors (Lipinski definition) is 0. The quantitative estimate of drug-likeness (QED) is 0.478. The summed E-state index contributed by atoms with van der Waals surface area (Å²) in [7, 11) is 0. The molecule has 0 bridgehead atoms. The van der Waals surface area contributed by atoms with Crippen molar-refractivity contribution in [2.24, 2.45) is 0 Å². The normalized spacial score (nSPS) is 14.9. The summed E-state index contributed by atoms with van der Waals surface area (Å²) < 4.78 is 0. The summed E-state index contributed by atoms with van der Waals surface area (Å²) in [5.41, 5.74) is 1.30. The molecule has 0 spiro atoms. The summed E-state index contributed by atoms with van der Waals surface area (Å²) in [5, 5.41) is 0. The minimum Gasteiger partial charge on any atom is -0.0764 e. The van der Waals surface area contributed by atoms with Gasteiger partial charge in [0.25, 0.3) is 0 Å². The largest absolute Gasteiger partial charge is 0.0764 e. The molecule has 0 atom stereocenters. The first-order chi connectivity index (χ1) is 4.89. The van der Waals surface area contributed by atoms with Crippen LogP contribution in [0.15, 0.2) is 36.0 Å². The molecule has 0 amide bonds. The number of allylic oxidation sites excluding steroid dienone is 6. The smallest absolute Gasteiger partial charge is 0.00806 e. The lowest BCUT2D eigenvalue weighted by molar-refractivity contribution is 1.45. The Balaban J connectivity index is 0.000000371. The van der Waals surface area contributed by atoms with Gasteiger partial charge < -0.3 is 0 Å². The molecule has 0 aromatic heterocycles. The van der Waals surface area contributed by atoms with Crippen molar-refractivity contribution < 1.29 is 0 Å². The van der Waals surface area contributed by atoms with E-state index >= 15 is 0 Å². The lowest BCUT2D eigenvalue weighted by Gasteiger charge is -1.86. The van der Waals surface area contributed by atoms with Gasteiger partial charge in [-0.2, -0.15) is 0 Å². The Kier molecular flexibility index (Phi) is 5.85. The van der Waals surface area contributed by atoms with Gasteiger partial charge in [-0.15, -0.1) is 0 Å². The zero-order valence-electron chi connectivity index (χ0n) is 6.96. The molecule has 1 radical (unpaired) electrons. The van der Waals surface area contributed by atoms with Crippen molar-refractivity contribution in [3.63, 3.8) is 0 Å². The zero-order chi connectivity index (χ0) is 7.82. The third kappa shape index (κ3) is 4.13. The molecule has 55 valence electrons. The molecule has 0 nitrogen and oxygen atoms in total. The number of rotatable bonds is 0. The van der Waals surface area contributed by atoms with Crippen LogP contribution in [-0.2, 0) is 0 Å². The molecule has 1 aliphatic carbocycles. The fraction of sp³-hybridized carbons (Fsp3) is 0.300. The molecule has 0 fully saturated rings. The Bertz CT molecular complexity index is 147. The first-order valence-electron chi connectivity index (χ1n) is 3.74. The molecule has 0 aromatic rings. The summed E-state index contributed by atoms with van der Waals surface area (Å²) in [5.74, 6) is 0. The van der Waals surface area contributed by atoms with Gasteiger partial charge in [-0.05, 0) is 6.92 Å². The van der Waals surface area contributed by atoms with Crippen LogP contribution in [0.1, 0.15) is 20.8 Å². The second kappa shape index (κ2) is 6.34. The summed E-state index contributed by atoms with van der Waals surface area (Å²) in [6.07, 6.45) is 12.3. The van der Waals surface area contributed by atoms with Crippen molar-refractivity contribution in [2.45, 2.75) is 20.8 Å². The van der Waals surface area contributed by atoms with Gasteiger partial charge in [0.1, 0.15) is 0 Å². The Morgan fingerprint density at radius 1 is 0.900 bits per heavy atom. The molecule has 0 aliphatic heterocycles. The van der Waals surface area contributed by atoms with Gasteiger partial charge in [-0.1, -0.05) is 49.8 Å². The summed E-state index contributed by atoms with van der Waals surface area (Å²) in [6, 6.07) is 0. The van der Waals surface area contributed by atoms with Crippen LogP contribution in [0.2, 0.25) is 0 Å². The van der Waals surface area contributed by atoms with E-state index in [1.54, 1.807) is 0 Å². The van der Waals surface area contributed by atoms with E-state index in [0.29, 0.717) is 0 Å². The second-order valence-electron chi connectivity index (χ2n) is 1.85. The Morgan fingerprint density at radius 2 is 1.50 bits per heavy atom. The summed E-state index contributed by atoms with van der Waals surface area (Å²) in [6.45, 7) is 6.08. The van der Waals surface area contributed by atoms with Crippen molar-refractivity contribution in [3.8, 4) is 0 Å². The molecular formula is C10H15. The average molecular weight is 135 g/mol. The SMILES string of the molecule is CC.CC1=CC=CC=C[CH]1. The highest BCUT2D eigenvalue weighted by Gasteiger charge is 1.83. The van der Waals surface area contributed by atoms with E-state index in [2.05, 4.69) is 19.4 Å². The molecule has 0 aromatic carbocycles. The standard InChI is InChI=1S/C8H9.C2H6/c1-8-6-4-2-3-5-7-8;1-2/h2-7H,1H3;1-2H3. The van der Waals surface area contributed by atoms with Gasteiger partial charge in [0.15, 0.2) is 0 Å². The second-order valence-corrected chi connectivity index (χ2v) is 1.85. The highest BCUT2D eigenvalue weighted by Crippen LogP contribution is 2.02. The van der Waals surface area contributed by atoms with E-state index in [-0.39, 0.29) is 0 Å². The predicted molar refractivity (Wildman–Crippen MR) is 47.7 cm³/mol. The van der Waals surface area contributed by atoms with Gasteiger partial charge in [-0.3, -0.25) is 0 Å². The van der Waals surface area contributed by atoms with Crippen molar-refractivity contribution >= 4 is 0 Å². The first kappa shape index (κ1) is 9.22. The van der Waals surface area contributed by atoms with E-state index < -0.39 is 0 Å². The highest BCUT2D eigenvalue weighted by atomic mass is 13.9. The fourth-order valence-corrected chi connectivity index (χ4v) is 0.599. The third-order valence-corrected chi connectivity index (χ3v) is 1.05. The van der Waals surface area contributed by atoms with Crippen LogP contribution >= 0.6 is 0 Å². The van der Waals surface area contributed by atoms with Crippen LogP contribution in [0.5, 0.6) is 0 Å². The van der Waals surface area contributed by atoms with Gasteiger partial charge in [0.2, 0.25) is 0 Å². The maximum absolute atomic E-state index is 2.08. The molecular weight excluding hydrogens is 120 g/mol. The van der Waals surface area contributed by atoms with E-state index in [1.165, 1.54) is 5.57 Å². The van der Waals surface area contributed by atoms with Crippen molar-refractivity contribution in [1.82, 2.24) is 0 Å². The highest BCUT2D eigenvalue weighted by molar-refractivity contribution is 5.29. The summed E-state index contributed by atoms with van der Waals surface area (Å²) >= 11 is 0. The maximum atomic E-state index is 2.08. The van der Waals surface area contributed by atoms with Crippen LogP contribution in [0.25, 0.3) is 0 Å². The van der Waals surface area contributed by atoms with Gasteiger partial charge >= 0.3 is 0 Å². The Labute approximate surface area is 64.0 Å². The topological polar surface area (TPSA) is 0 Å². The van der Waals surface area contributed by atoms with E-state index in [9.17, 15) is 0 Å². The minimum atomic E-state index is 1.30. The molecule has 0 unspecified atom stereocenters. The Morgan fingerprint density at radius 3 is 2.20 bits per heavy atom. The first-order valence-corrected chi connectivity index (χ1v) is 3.74. The average Bonchev–Trinajstić information content (AvgIpc) is 2.21. The minimum absolute atomic E-state index is 1.30. The lowest BCUT2D eigenvalue weighted by Crippen LogP contribution is -1.68. The number of hydrogen-bond acceptors (Lipinski definition) is 0. The molecule has 0 saturated heterocycles. The molecule has 1 aliphatic rings. The van der Waals surface area contributed by atoms with Crippen LogP contribution in [0.4, 0.5) is 0 Å². The fourth-order valence-electron chi connectivity index (χ4n) is 0.599. The molecule has 0 heterocycles. The Hall–Kier alpha value is -0.780. The van der Waals surface area contributed by atoms with Crippen LogP contribution in [0, 0.1) is 6.42 Å². The van der Waals surface area contributed by atoms with E-state index in [0.717, 1.165) is 0 Å². The molecule has 0 heteroatoms. The molecule has 10 heavy (non-hydrogen) atoms. The summed E-state index contributed by atoms with van der Waals surface area (Å²) in [4.78, 5) is 0. The van der Waals surface area contributed by atoms with Gasteiger partial charge in [-0.25, -0.2) is 0 Å². The van der Waals surface area contributed by atoms with Crippen molar-refractivity contribution in [2.75, 3.05) is 0 Å². The molecule has 0 saturated carbocycles. The zero-order valence-corrected chi connectivity index (χ0v) is 6.96. The van der Waals surface area contributed by atoms with E-state index in [1.807, 2.05) is 38.2 Å².